The number of benzene rings is 2. The Bertz CT molecular complexity index is 1030. The molecule has 0 aliphatic carbocycles. The molecule has 8 heteroatoms. The van der Waals surface area contributed by atoms with E-state index in [1.807, 2.05) is 38.1 Å². The van der Waals surface area contributed by atoms with E-state index < -0.39 is 15.9 Å². The van der Waals surface area contributed by atoms with Crippen molar-refractivity contribution < 1.29 is 18.0 Å². The number of carbonyl (C=O) groups is 2. The third-order valence-electron chi connectivity index (χ3n) is 4.67. The normalized spacial score (nSPS) is 16.9. The number of aryl methyl sites for hydroxylation is 2. The molecule has 0 aromatic heterocycles. The molecule has 2 aromatic carbocycles. The fourth-order valence-corrected chi connectivity index (χ4v) is 5.46. The van der Waals surface area contributed by atoms with Gasteiger partial charge in [-0.25, -0.2) is 13.1 Å². The van der Waals surface area contributed by atoms with E-state index in [0.717, 1.165) is 22.4 Å². The van der Waals surface area contributed by atoms with Crippen LogP contribution in [-0.4, -0.2) is 31.7 Å². The Morgan fingerprint density at radius 2 is 1.86 bits per heavy atom. The van der Waals surface area contributed by atoms with Crippen molar-refractivity contribution in [2.75, 3.05) is 16.4 Å². The molecule has 3 rings (SSSR count). The van der Waals surface area contributed by atoms with E-state index in [0.29, 0.717) is 12.2 Å². The van der Waals surface area contributed by atoms with E-state index in [1.54, 1.807) is 41.8 Å². The molecule has 6 nitrogen and oxygen atoms in total. The van der Waals surface area contributed by atoms with Crippen molar-refractivity contribution in [3.8, 4) is 0 Å². The highest BCUT2D eigenvalue weighted by Gasteiger charge is 2.34. The van der Waals surface area contributed by atoms with Gasteiger partial charge in [-0.2, -0.15) is 0 Å². The van der Waals surface area contributed by atoms with Crippen LogP contribution in [-0.2, 0) is 14.8 Å². The maximum Gasteiger partial charge on any atom is 0.264 e. The molecule has 29 heavy (non-hydrogen) atoms. The smallest absolute Gasteiger partial charge is 0.264 e. The van der Waals surface area contributed by atoms with Gasteiger partial charge in [0.05, 0.1) is 11.5 Å². The van der Waals surface area contributed by atoms with Gasteiger partial charge in [0.25, 0.3) is 5.91 Å². The second kappa shape index (κ2) is 8.59. The number of hydrogen-bond acceptors (Lipinski definition) is 5. The summed E-state index contributed by atoms with van der Waals surface area (Å²) in [6.45, 7) is 5.57. The monoisotopic (exact) mass is 432 g/mol. The second-order valence-electron chi connectivity index (χ2n) is 7.09. The lowest BCUT2D eigenvalue weighted by atomic mass is 10.1. The van der Waals surface area contributed by atoms with Crippen LogP contribution in [0, 0.1) is 13.8 Å². The summed E-state index contributed by atoms with van der Waals surface area (Å²) in [5.41, 5.74) is 3.90. The zero-order valence-corrected chi connectivity index (χ0v) is 18.3. The van der Waals surface area contributed by atoms with Gasteiger partial charge in [0.1, 0.15) is 5.37 Å². The van der Waals surface area contributed by atoms with Gasteiger partial charge in [-0.3, -0.25) is 14.5 Å². The van der Waals surface area contributed by atoms with Gasteiger partial charge < -0.3 is 0 Å². The number of nitrogens with zero attached hydrogens (tertiary/aromatic N) is 1. The molecule has 0 saturated carbocycles. The number of carbonyl (C=O) groups excluding carboxylic acids is 2. The summed E-state index contributed by atoms with van der Waals surface area (Å²) in [4.78, 5) is 26.7. The van der Waals surface area contributed by atoms with Crippen LogP contribution in [0.15, 0.2) is 42.5 Å². The fourth-order valence-electron chi connectivity index (χ4n) is 3.25. The van der Waals surface area contributed by atoms with Crippen LogP contribution in [0.4, 0.5) is 5.69 Å². The summed E-state index contributed by atoms with van der Waals surface area (Å²) in [6, 6.07) is 13.0. The van der Waals surface area contributed by atoms with E-state index in [9.17, 15) is 18.0 Å². The molecule has 1 atom stereocenters. The average molecular weight is 433 g/mol. The first-order valence-electron chi connectivity index (χ1n) is 9.37. The van der Waals surface area contributed by atoms with Crippen molar-refractivity contribution in [2.45, 2.75) is 32.6 Å². The lowest BCUT2D eigenvalue weighted by Crippen LogP contribution is -2.32. The van der Waals surface area contributed by atoms with Gasteiger partial charge in [0.15, 0.2) is 0 Å². The van der Waals surface area contributed by atoms with Crippen LogP contribution in [0.2, 0.25) is 0 Å². The summed E-state index contributed by atoms with van der Waals surface area (Å²) in [7, 11) is -3.64. The van der Waals surface area contributed by atoms with Gasteiger partial charge in [0, 0.05) is 11.3 Å². The third kappa shape index (κ3) is 4.82. The topological polar surface area (TPSA) is 83.6 Å². The summed E-state index contributed by atoms with van der Waals surface area (Å²) >= 11 is 1.56. The Morgan fingerprint density at radius 3 is 2.48 bits per heavy atom. The number of sulfonamides is 1. The van der Waals surface area contributed by atoms with Gasteiger partial charge in [0.2, 0.25) is 15.9 Å². The van der Waals surface area contributed by atoms with Crippen LogP contribution in [0.3, 0.4) is 0 Å². The predicted molar refractivity (Wildman–Crippen MR) is 117 cm³/mol. The minimum Gasteiger partial charge on any atom is -0.295 e. The Hall–Kier alpha value is -2.32. The molecule has 1 saturated heterocycles. The maximum absolute atomic E-state index is 12.6. The summed E-state index contributed by atoms with van der Waals surface area (Å²) in [6.07, 6.45) is 0.426. The molecule has 0 spiro atoms. The van der Waals surface area contributed by atoms with E-state index in [1.165, 1.54) is 0 Å². The Kier molecular flexibility index (Phi) is 6.33. The van der Waals surface area contributed by atoms with Crippen molar-refractivity contribution >= 4 is 39.3 Å². The largest absolute Gasteiger partial charge is 0.295 e. The number of hydrogen-bond donors (Lipinski definition) is 1. The van der Waals surface area contributed by atoms with Crippen molar-refractivity contribution in [1.29, 1.82) is 0 Å². The molecule has 1 N–H and O–H groups in total. The zero-order valence-electron chi connectivity index (χ0n) is 16.6. The van der Waals surface area contributed by atoms with E-state index in [2.05, 4.69) is 4.72 Å². The Labute approximate surface area is 175 Å². The lowest BCUT2D eigenvalue weighted by molar-refractivity contribution is -0.115. The van der Waals surface area contributed by atoms with Gasteiger partial charge in [-0.1, -0.05) is 36.8 Å². The molecule has 0 bridgehead atoms. The number of anilines is 1. The first-order chi connectivity index (χ1) is 13.7. The SMILES string of the molecule is CCCS(=O)(=O)NC(=O)c1ccc(N2C(=O)CSC2c2ccc(C)cc2)c(C)c1. The maximum atomic E-state index is 12.6. The molecule has 1 fully saturated rings. The number of thioether (sulfide) groups is 1. The van der Waals surface area contributed by atoms with E-state index in [-0.39, 0.29) is 22.6 Å². The molecule has 1 aliphatic heterocycles. The third-order valence-corrected chi connectivity index (χ3v) is 7.32. The molecule has 1 aliphatic rings. The average Bonchev–Trinajstić information content (AvgIpc) is 3.03. The fraction of sp³-hybridized carbons (Fsp3) is 0.333. The minimum absolute atomic E-state index is 0.00593. The van der Waals surface area contributed by atoms with E-state index in [4.69, 9.17) is 0 Å². The highest BCUT2D eigenvalue weighted by molar-refractivity contribution is 8.00. The molecule has 2 amide bonds. The summed E-state index contributed by atoms with van der Waals surface area (Å²) < 4.78 is 25.8. The van der Waals surface area contributed by atoms with Crippen LogP contribution >= 0.6 is 11.8 Å². The van der Waals surface area contributed by atoms with Crippen molar-refractivity contribution in [3.05, 3.63) is 64.7 Å². The molecule has 1 unspecified atom stereocenters. The molecule has 154 valence electrons. The highest BCUT2D eigenvalue weighted by Crippen LogP contribution is 2.42. The van der Waals surface area contributed by atoms with Crippen LogP contribution in [0.25, 0.3) is 0 Å². The Morgan fingerprint density at radius 1 is 1.17 bits per heavy atom. The highest BCUT2D eigenvalue weighted by atomic mass is 32.2. The predicted octanol–water partition coefficient (Wildman–Crippen LogP) is 3.55. The van der Waals surface area contributed by atoms with Crippen molar-refractivity contribution in [3.63, 3.8) is 0 Å². The van der Waals surface area contributed by atoms with Crippen molar-refractivity contribution in [2.24, 2.45) is 0 Å². The number of rotatable bonds is 6. The van der Waals surface area contributed by atoms with Crippen LogP contribution in [0.5, 0.6) is 0 Å². The first-order valence-corrected chi connectivity index (χ1v) is 12.1. The lowest BCUT2D eigenvalue weighted by Gasteiger charge is -2.26. The number of amides is 2. The second-order valence-corrected chi connectivity index (χ2v) is 10.00. The van der Waals surface area contributed by atoms with Gasteiger partial charge in [-0.05, 0) is 49.6 Å². The summed E-state index contributed by atoms with van der Waals surface area (Å²) in [5, 5.41) is -0.133. The van der Waals surface area contributed by atoms with Crippen molar-refractivity contribution in [1.82, 2.24) is 4.72 Å². The van der Waals surface area contributed by atoms with Gasteiger partial charge >= 0.3 is 0 Å². The molecule has 2 aromatic rings. The molecular weight excluding hydrogens is 408 g/mol. The summed E-state index contributed by atoms with van der Waals surface area (Å²) in [5.74, 6) is -0.375. The molecule has 1 heterocycles. The van der Waals surface area contributed by atoms with Gasteiger partial charge in [-0.15, -0.1) is 11.8 Å². The zero-order chi connectivity index (χ0) is 21.2. The standard InChI is InChI=1S/C21H24N2O4S2/c1-4-11-29(26,27)22-20(25)17-9-10-18(15(3)12-17)23-19(24)13-28-21(23)16-7-5-14(2)6-8-16/h5-10,12,21H,4,11,13H2,1-3H3,(H,22,25). The Balaban J connectivity index is 1.87. The van der Waals surface area contributed by atoms with Crippen LogP contribution in [0.1, 0.15) is 45.8 Å². The first kappa shape index (κ1) is 21.4. The minimum atomic E-state index is -3.64. The quantitative estimate of drug-likeness (QED) is 0.755. The van der Waals surface area contributed by atoms with Crippen LogP contribution < -0.4 is 9.62 Å². The molecular formula is C21H24N2O4S2. The molecule has 0 radical (unpaired) electrons. The van der Waals surface area contributed by atoms with E-state index >= 15 is 0 Å². The number of nitrogens with one attached hydrogen (secondary N) is 1.